The molecule has 4 aromatic rings. The summed E-state index contributed by atoms with van der Waals surface area (Å²) in [6, 6.07) is 16.5. The highest BCUT2D eigenvalue weighted by molar-refractivity contribution is 5.80. The van der Waals surface area contributed by atoms with E-state index in [1.165, 1.54) is 5.69 Å². The van der Waals surface area contributed by atoms with Gasteiger partial charge in [-0.25, -0.2) is 9.89 Å². The summed E-state index contributed by atoms with van der Waals surface area (Å²) in [5.74, 6) is 1.80. The molecule has 0 bridgehead atoms. The maximum atomic E-state index is 13.4. The predicted molar refractivity (Wildman–Crippen MR) is 140 cm³/mol. The highest BCUT2D eigenvalue weighted by Crippen LogP contribution is 2.30. The second-order valence-corrected chi connectivity index (χ2v) is 10.2. The first-order valence-corrected chi connectivity index (χ1v) is 12.6. The number of benzene rings is 2. The molecule has 2 aromatic carbocycles. The van der Waals surface area contributed by atoms with Gasteiger partial charge in [0.05, 0.1) is 6.54 Å². The van der Waals surface area contributed by atoms with Crippen molar-refractivity contribution < 1.29 is 0 Å². The number of nitrogens with one attached hydrogen (secondary N) is 1. The molecule has 0 saturated heterocycles. The molecular weight excluding hydrogens is 436 g/mol. The molecule has 7 heteroatoms. The number of H-pyrrole nitrogens is 1. The maximum Gasteiger partial charge on any atom is 0.328 e. The second-order valence-electron chi connectivity index (χ2n) is 10.2. The van der Waals surface area contributed by atoms with E-state index in [9.17, 15) is 4.79 Å². The quantitative estimate of drug-likeness (QED) is 0.331. The summed E-state index contributed by atoms with van der Waals surface area (Å²) in [4.78, 5) is 13.4. The lowest BCUT2D eigenvalue weighted by Gasteiger charge is -2.11. The summed E-state index contributed by atoms with van der Waals surface area (Å²) >= 11 is 0. The van der Waals surface area contributed by atoms with Crippen molar-refractivity contribution in [3.63, 3.8) is 0 Å². The van der Waals surface area contributed by atoms with Crippen LogP contribution < -0.4 is 5.69 Å². The van der Waals surface area contributed by atoms with Gasteiger partial charge in [-0.3, -0.25) is 9.13 Å². The van der Waals surface area contributed by atoms with Crippen molar-refractivity contribution in [3.05, 3.63) is 76.0 Å². The van der Waals surface area contributed by atoms with Gasteiger partial charge in [-0.05, 0) is 65.1 Å². The minimum absolute atomic E-state index is 0.106. The molecule has 184 valence electrons. The summed E-state index contributed by atoms with van der Waals surface area (Å²) in [5, 5.41) is 14.4. The van der Waals surface area contributed by atoms with Crippen molar-refractivity contribution in [3.8, 4) is 22.5 Å². The van der Waals surface area contributed by atoms with E-state index in [0.717, 1.165) is 53.8 Å². The predicted octanol–water partition coefficient (Wildman–Crippen LogP) is 5.49. The summed E-state index contributed by atoms with van der Waals surface area (Å²) in [5.41, 5.74) is 6.59. The van der Waals surface area contributed by atoms with Gasteiger partial charge >= 0.3 is 5.69 Å². The lowest BCUT2D eigenvalue weighted by molar-refractivity contribution is 0.498. The third-order valence-electron chi connectivity index (χ3n) is 6.63. The number of imidazole rings is 1. The third-order valence-corrected chi connectivity index (χ3v) is 6.63. The zero-order valence-corrected chi connectivity index (χ0v) is 21.5. The van der Waals surface area contributed by atoms with Crippen molar-refractivity contribution in [2.75, 3.05) is 0 Å². The number of tetrazole rings is 1. The third kappa shape index (κ3) is 5.61. The molecule has 0 aliphatic rings. The van der Waals surface area contributed by atoms with E-state index in [0.29, 0.717) is 24.2 Å². The van der Waals surface area contributed by atoms with E-state index in [1.54, 1.807) is 0 Å². The number of hydrogen-bond acceptors (Lipinski definition) is 4. The van der Waals surface area contributed by atoms with Crippen molar-refractivity contribution >= 4 is 0 Å². The smallest absolute Gasteiger partial charge is 0.296 e. The van der Waals surface area contributed by atoms with Crippen LogP contribution >= 0.6 is 0 Å². The summed E-state index contributed by atoms with van der Waals surface area (Å²) in [6.45, 7) is 12.3. The van der Waals surface area contributed by atoms with Gasteiger partial charge in [0.25, 0.3) is 0 Å². The van der Waals surface area contributed by atoms with Gasteiger partial charge in [0.1, 0.15) is 0 Å². The summed E-state index contributed by atoms with van der Waals surface area (Å²) < 4.78 is 3.97. The molecule has 0 aliphatic carbocycles. The molecule has 0 unspecified atom stereocenters. The molecule has 1 N–H and O–H groups in total. The Balaban J connectivity index is 1.63. The van der Waals surface area contributed by atoms with Crippen LogP contribution in [0.15, 0.2) is 53.3 Å². The van der Waals surface area contributed by atoms with E-state index in [1.807, 2.05) is 27.3 Å². The van der Waals surface area contributed by atoms with Crippen LogP contribution in [0.2, 0.25) is 0 Å². The normalized spacial score (nSPS) is 11.6. The molecule has 0 atom stereocenters. The van der Waals surface area contributed by atoms with Gasteiger partial charge in [0.2, 0.25) is 0 Å². The molecule has 4 rings (SSSR count). The number of aromatic amines is 1. The van der Waals surface area contributed by atoms with Crippen molar-refractivity contribution in [2.24, 2.45) is 11.8 Å². The highest BCUT2D eigenvalue weighted by Gasteiger charge is 2.18. The second kappa shape index (κ2) is 10.8. The van der Waals surface area contributed by atoms with Crippen LogP contribution in [-0.4, -0.2) is 29.8 Å². The molecular formula is C28H36N6O. The van der Waals surface area contributed by atoms with Crippen LogP contribution in [0.4, 0.5) is 0 Å². The Kier molecular flexibility index (Phi) is 7.63. The van der Waals surface area contributed by atoms with Crippen molar-refractivity contribution in [2.45, 2.75) is 67.0 Å². The zero-order valence-electron chi connectivity index (χ0n) is 21.5. The topological polar surface area (TPSA) is 81.4 Å². The first-order valence-electron chi connectivity index (χ1n) is 12.6. The molecule has 0 amide bonds. The van der Waals surface area contributed by atoms with Crippen LogP contribution in [0, 0.1) is 18.8 Å². The molecule has 2 heterocycles. The molecule has 2 aromatic heterocycles. The van der Waals surface area contributed by atoms with E-state index >= 15 is 0 Å². The van der Waals surface area contributed by atoms with Crippen molar-refractivity contribution in [1.82, 2.24) is 29.8 Å². The maximum absolute atomic E-state index is 13.4. The Morgan fingerprint density at radius 1 is 0.886 bits per heavy atom. The van der Waals surface area contributed by atoms with Gasteiger partial charge < -0.3 is 0 Å². The first kappa shape index (κ1) is 24.6. The molecule has 0 radical (unpaired) electrons. The number of rotatable bonds is 10. The Morgan fingerprint density at radius 2 is 1.57 bits per heavy atom. The fourth-order valence-corrected chi connectivity index (χ4v) is 4.50. The lowest BCUT2D eigenvalue weighted by Crippen LogP contribution is -2.26. The minimum atomic E-state index is 0.106. The van der Waals surface area contributed by atoms with Gasteiger partial charge in [-0.15, -0.1) is 5.10 Å². The molecule has 35 heavy (non-hydrogen) atoms. The van der Waals surface area contributed by atoms with Gasteiger partial charge in [0, 0.05) is 23.5 Å². The van der Waals surface area contributed by atoms with E-state index in [-0.39, 0.29) is 5.69 Å². The standard InChI is InChI=1S/C28H36N6O/c1-19(2)10-15-26-21(5)33(17-16-20(3)4)28(35)34(26)18-22-11-13-23(14-12-22)24-8-6-7-9-25(24)27-29-31-32-30-27/h6-9,11-14,19-20H,10,15-18H2,1-5H3,(H,29,30,31,32). The lowest BCUT2D eigenvalue weighted by atomic mass is 9.98. The number of nitrogens with zero attached hydrogens (tertiary/aromatic N) is 5. The SMILES string of the molecule is Cc1c(CCC(C)C)n(Cc2ccc(-c3ccccc3-c3nnn[nH]3)cc2)c(=O)n1CCC(C)C. The Morgan fingerprint density at radius 3 is 2.20 bits per heavy atom. The zero-order chi connectivity index (χ0) is 24.9. The number of hydrogen-bond donors (Lipinski definition) is 1. The monoisotopic (exact) mass is 472 g/mol. The number of aromatic nitrogens is 6. The van der Waals surface area contributed by atoms with Gasteiger partial charge in [-0.1, -0.05) is 76.2 Å². The van der Waals surface area contributed by atoms with Crippen LogP contribution in [0.1, 0.15) is 57.5 Å². The molecule has 7 nitrogen and oxygen atoms in total. The summed E-state index contributed by atoms with van der Waals surface area (Å²) in [7, 11) is 0. The fraction of sp³-hybridized carbons (Fsp3) is 0.429. The summed E-state index contributed by atoms with van der Waals surface area (Å²) in [6.07, 6.45) is 2.99. The van der Waals surface area contributed by atoms with Gasteiger partial charge in [0.15, 0.2) is 5.82 Å². The Bertz CT molecular complexity index is 1300. The highest BCUT2D eigenvalue weighted by atomic mass is 16.1. The Labute approximate surface area is 207 Å². The van der Waals surface area contributed by atoms with Crippen LogP contribution in [0.25, 0.3) is 22.5 Å². The molecule has 0 aliphatic heterocycles. The van der Waals surface area contributed by atoms with Crippen LogP contribution in [0.3, 0.4) is 0 Å². The molecule has 0 spiro atoms. The molecule has 0 saturated carbocycles. The minimum Gasteiger partial charge on any atom is -0.296 e. The average molecular weight is 473 g/mol. The van der Waals surface area contributed by atoms with Crippen LogP contribution in [0.5, 0.6) is 0 Å². The first-order chi connectivity index (χ1) is 16.8. The average Bonchev–Trinajstić information content (AvgIpc) is 3.45. The van der Waals surface area contributed by atoms with E-state index in [2.05, 4.69) is 85.6 Å². The van der Waals surface area contributed by atoms with Gasteiger partial charge in [-0.2, -0.15) is 0 Å². The van der Waals surface area contributed by atoms with E-state index in [4.69, 9.17) is 0 Å². The van der Waals surface area contributed by atoms with Crippen LogP contribution in [-0.2, 0) is 19.5 Å². The largest absolute Gasteiger partial charge is 0.328 e. The fourth-order valence-electron chi connectivity index (χ4n) is 4.50. The Hall–Kier alpha value is -3.48. The van der Waals surface area contributed by atoms with Crippen molar-refractivity contribution in [1.29, 1.82) is 0 Å². The van der Waals surface area contributed by atoms with E-state index < -0.39 is 0 Å². The molecule has 0 fully saturated rings.